The summed E-state index contributed by atoms with van der Waals surface area (Å²) in [6.07, 6.45) is 6.22. The lowest BCUT2D eigenvalue weighted by atomic mass is 9.93. The van der Waals surface area contributed by atoms with Gasteiger partial charge in [0.2, 0.25) is 5.91 Å². The van der Waals surface area contributed by atoms with E-state index in [1.54, 1.807) is 0 Å². The van der Waals surface area contributed by atoms with Gasteiger partial charge in [-0.25, -0.2) is 0 Å². The Kier molecular flexibility index (Phi) is 5.09. The van der Waals surface area contributed by atoms with E-state index in [1.807, 2.05) is 11.8 Å². The first-order valence-corrected chi connectivity index (χ1v) is 6.21. The van der Waals surface area contributed by atoms with Crippen molar-refractivity contribution in [3.8, 4) is 0 Å². The largest absolute Gasteiger partial charge is 0.340 e. The summed E-state index contributed by atoms with van der Waals surface area (Å²) in [4.78, 5) is 14.1. The minimum Gasteiger partial charge on any atom is -0.340 e. The lowest BCUT2D eigenvalue weighted by Gasteiger charge is -2.35. The van der Waals surface area contributed by atoms with E-state index in [-0.39, 0.29) is 11.8 Å². The molecule has 3 nitrogen and oxygen atoms in total. The van der Waals surface area contributed by atoms with Crippen molar-refractivity contribution in [2.75, 3.05) is 13.1 Å². The predicted molar refractivity (Wildman–Crippen MR) is 62.5 cm³/mol. The minimum absolute atomic E-state index is 0.0214. The van der Waals surface area contributed by atoms with Crippen LogP contribution >= 0.6 is 0 Å². The Bertz CT molecular complexity index is 200. The number of rotatable bonds is 4. The summed E-state index contributed by atoms with van der Waals surface area (Å²) in [6.45, 7) is 5.28. The van der Waals surface area contributed by atoms with Crippen molar-refractivity contribution in [3.63, 3.8) is 0 Å². The van der Waals surface area contributed by atoms with Crippen LogP contribution in [0.25, 0.3) is 0 Å². The van der Waals surface area contributed by atoms with Gasteiger partial charge >= 0.3 is 0 Å². The monoisotopic (exact) mass is 212 g/mol. The van der Waals surface area contributed by atoms with Crippen molar-refractivity contribution < 1.29 is 4.79 Å². The summed E-state index contributed by atoms with van der Waals surface area (Å²) in [5.74, 6) is 0.221. The lowest BCUT2D eigenvalue weighted by Crippen LogP contribution is -2.45. The van der Waals surface area contributed by atoms with Gasteiger partial charge in [-0.3, -0.25) is 4.79 Å². The summed E-state index contributed by atoms with van der Waals surface area (Å²) >= 11 is 0. The molecule has 0 aromatic rings. The first-order chi connectivity index (χ1) is 7.20. The van der Waals surface area contributed by atoms with Gasteiger partial charge in [0.25, 0.3) is 0 Å². The van der Waals surface area contributed by atoms with E-state index in [4.69, 9.17) is 5.73 Å². The molecule has 1 rings (SSSR count). The molecule has 15 heavy (non-hydrogen) atoms. The van der Waals surface area contributed by atoms with Crippen molar-refractivity contribution in [1.82, 2.24) is 4.90 Å². The van der Waals surface area contributed by atoms with Crippen molar-refractivity contribution in [2.24, 2.45) is 11.7 Å². The zero-order chi connectivity index (χ0) is 11.3. The fourth-order valence-corrected chi connectivity index (χ4v) is 2.37. The minimum atomic E-state index is -0.0214. The van der Waals surface area contributed by atoms with E-state index in [0.29, 0.717) is 12.6 Å². The Balaban J connectivity index is 2.56. The Morgan fingerprint density at radius 3 is 2.47 bits per heavy atom. The summed E-state index contributed by atoms with van der Waals surface area (Å²) in [6, 6.07) is 0.477. The van der Waals surface area contributed by atoms with Crippen LogP contribution < -0.4 is 5.73 Å². The average molecular weight is 212 g/mol. The first kappa shape index (κ1) is 12.5. The SMILES string of the molecule is CCN(C(=O)C(C)CN)C1CCCCC1. The average Bonchev–Trinajstić information content (AvgIpc) is 2.30. The van der Waals surface area contributed by atoms with Crippen LogP contribution in [0.5, 0.6) is 0 Å². The van der Waals surface area contributed by atoms with Gasteiger partial charge in [0.05, 0.1) is 0 Å². The molecule has 1 atom stereocenters. The quantitative estimate of drug-likeness (QED) is 0.772. The number of amides is 1. The number of carbonyl (C=O) groups excluding carboxylic acids is 1. The molecule has 1 aliphatic rings. The Morgan fingerprint density at radius 1 is 1.40 bits per heavy atom. The van der Waals surface area contributed by atoms with Crippen LogP contribution in [-0.2, 0) is 4.79 Å². The highest BCUT2D eigenvalue weighted by Gasteiger charge is 2.26. The van der Waals surface area contributed by atoms with Crippen LogP contribution in [-0.4, -0.2) is 29.9 Å². The molecular formula is C12H24N2O. The van der Waals surface area contributed by atoms with Gasteiger partial charge in [0.15, 0.2) is 0 Å². The Hall–Kier alpha value is -0.570. The third kappa shape index (κ3) is 3.20. The fourth-order valence-electron chi connectivity index (χ4n) is 2.37. The van der Waals surface area contributed by atoms with Crippen molar-refractivity contribution in [3.05, 3.63) is 0 Å². The molecule has 1 fully saturated rings. The van der Waals surface area contributed by atoms with E-state index in [0.717, 1.165) is 6.54 Å². The van der Waals surface area contributed by atoms with Crippen LogP contribution in [0.15, 0.2) is 0 Å². The molecule has 2 N–H and O–H groups in total. The van der Waals surface area contributed by atoms with E-state index in [1.165, 1.54) is 32.1 Å². The van der Waals surface area contributed by atoms with Crippen LogP contribution in [0.1, 0.15) is 46.0 Å². The predicted octanol–water partition coefficient (Wildman–Crippen LogP) is 1.76. The molecule has 1 saturated carbocycles. The maximum absolute atomic E-state index is 12.1. The third-order valence-corrected chi connectivity index (χ3v) is 3.41. The molecule has 1 unspecified atom stereocenters. The Labute approximate surface area is 93.0 Å². The van der Waals surface area contributed by atoms with Crippen LogP contribution in [0.2, 0.25) is 0 Å². The topological polar surface area (TPSA) is 46.3 Å². The Morgan fingerprint density at radius 2 is 2.00 bits per heavy atom. The summed E-state index contributed by atoms with van der Waals surface area (Å²) in [5.41, 5.74) is 5.55. The molecular weight excluding hydrogens is 188 g/mol. The van der Waals surface area contributed by atoms with E-state index in [2.05, 4.69) is 6.92 Å². The molecule has 0 aromatic carbocycles. The molecule has 0 aromatic heterocycles. The van der Waals surface area contributed by atoms with Gasteiger partial charge in [0.1, 0.15) is 0 Å². The highest BCUT2D eigenvalue weighted by atomic mass is 16.2. The summed E-state index contributed by atoms with van der Waals surface area (Å²) < 4.78 is 0. The molecule has 1 amide bonds. The second-order valence-electron chi connectivity index (χ2n) is 4.55. The highest BCUT2D eigenvalue weighted by Crippen LogP contribution is 2.23. The number of nitrogens with two attached hydrogens (primary N) is 1. The van der Waals surface area contributed by atoms with Gasteiger partial charge in [0, 0.05) is 25.0 Å². The molecule has 0 spiro atoms. The lowest BCUT2D eigenvalue weighted by molar-refractivity contribution is -0.137. The second kappa shape index (κ2) is 6.11. The zero-order valence-electron chi connectivity index (χ0n) is 10.0. The summed E-state index contributed by atoms with van der Waals surface area (Å²) in [7, 11) is 0. The molecule has 0 bridgehead atoms. The van der Waals surface area contributed by atoms with E-state index in [9.17, 15) is 4.79 Å². The van der Waals surface area contributed by atoms with Crippen molar-refractivity contribution in [1.29, 1.82) is 0 Å². The molecule has 1 aliphatic carbocycles. The summed E-state index contributed by atoms with van der Waals surface area (Å²) in [5, 5.41) is 0. The van der Waals surface area contributed by atoms with E-state index < -0.39 is 0 Å². The fraction of sp³-hybridized carbons (Fsp3) is 0.917. The van der Waals surface area contributed by atoms with E-state index >= 15 is 0 Å². The van der Waals surface area contributed by atoms with Gasteiger partial charge < -0.3 is 10.6 Å². The molecule has 3 heteroatoms. The first-order valence-electron chi connectivity index (χ1n) is 6.21. The van der Waals surface area contributed by atoms with Gasteiger partial charge in [-0.05, 0) is 19.8 Å². The second-order valence-corrected chi connectivity index (χ2v) is 4.55. The normalized spacial score (nSPS) is 19.9. The molecule has 0 saturated heterocycles. The van der Waals surface area contributed by atoms with Crippen LogP contribution in [0.3, 0.4) is 0 Å². The zero-order valence-corrected chi connectivity index (χ0v) is 10.0. The van der Waals surface area contributed by atoms with Crippen LogP contribution in [0, 0.1) is 5.92 Å². The van der Waals surface area contributed by atoms with Gasteiger partial charge in [-0.2, -0.15) is 0 Å². The van der Waals surface area contributed by atoms with Crippen molar-refractivity contribution in [2.45, 2.75) is 52.0 Å². The van der Waals surface area contributed by atoms with Gasteiger partial charge in [-0.1, -0.05) is 26.2 Å². The molecule has 0 heterocycles. The van der Waals surface area contributed by atoms with Crippen LogP contribution in [0.4, 0.5) is 0 Å². The molecule has 0 radical (unpaired) electrons. The van der Waals surface area contributed by atoms with Crippen molar-refractivity contribution >= 4 is 5.91 Å². The third-order valence-electron chi connectivity index (χ3n) is 3.41. The highest BCUT2D eigenvalue weighted by molar-refractivity contribution is 5.79. The number of carbonyl (C=O) groups is 1. The smallest absolute Gasteiger partial charge is 0.226 e. The van der Waals surface area contributed by atoms with Gasteiger partial charge in [-0.15, -0.1) is 0 Å². The molecule has 88 valence electrons. The maximum atomic E-state index is 12.1. The number of nitrogens with zero attached hydrogens (tertiary/aromatic N) is 1. The number of hydrogen-bond donors (Lipinski definition) is 1. The number of hydrogen-bond acceptors (Lipinski definition) is 2. The maximum Gasteiger partial charge on any atom is 0.226 e. The standard InChI is InChI=1S/C12H24N2O/c1-3-14(12(15)10(2)9-13)11-7-5-4-6-8-11/h10-11H,3-9,13H2,1-2H3. The molecule has 0 aliphatic heterocycles.